The Bertz CT molecular complexity index is 189. The molecule has 1 amide bonds. The summed E-state index contributed by atoms with van der Waals surface area (Å²) >= 11 is 0. The molecule has 1 atom stereocenters. The van der Waals surface area contributed by atoms with Crippen LogP contribution in [0.2, 0.25) is 0 Å². The van der Waals surface area contributed by atoms with Crippen molar-refractivity contribution in [3.63, 3.8) is 0 Å². The van der Waals surface area contributed by atoms with Gasteiger partial charge >= 0.3 is 0 Å². The van der Waals surface area contributed by atoms with Gasteiger partial charge in [-0.1, -0.05) is 20.8 Å². The third kappa shape index (κ3) is 2.71. The van der Waals surface area contributed by atoms with Crippen molar-refractivity contribution >= 4 is 5.91 Å². The highest BCUT2D eigenvalue weighted by Gasteiger charge is 2.35. The first kappa shape index (κ1) is 10.6. The van der Waals surface area contributed by atoms with Crippen LogP contribution >= 0.6 is 0 Å². The Morgan fingerprint density at radius 1 is 1.54 bits per heavy atom. The van der Waals surface area contributed by atoms with Gasteiger partial charge in [-0.2, -0.15) is 0 Å². The van der Waals surface area contributed by atoms with E-state index >= 15 is 0 Å². The molecule has 0 aromatic heterocycles. The minimum Gasteiger partial charge on any atom is -0.351 e. The van der Waals surface area contributed by atoms with Crippen LogP contribution in [-0.2, 0) is 4.79 Å². The zero-order valence-corrected chi connectivity index (χ0v) is 9.02. The summed E-state index contributed by atoms with van der Waals surface area (Å²) in [5.41, 5.74) is 0.140. The molecular weight excluding hydrogens is 162 g/mol. The lowest BCUT2D eigenvalue weighted by Gasteiger charge is -2.28. The van der Waals surface area contributed by atoms with E-state index in [4.69, 9.17) is 0 Å². The van der Waals surface area contributed by atoms with E-state index in [1.807, 2.05) is 0 Å². The first-order chi connectivity index (χ1) is 6.08. The van der Waals surface area contributed by atoms with Crippen LogP contribution in [0.4, 0.5) is 0 Å². The minimum absolute atomic E-state index is 0.140. The van der Waals surface area contributed by atoms with Gasteiger partial charge in [-0.05, 0) is 31.6 Å². The zero-order chi connectivity index (χ0) is 9.90. The van der Waals surface area contributed by atoms with Crippen molar-refractivity contribution < 1.29 is 4.79 Å². The summed E-state index contributed by atoms with van der Waals surface area (Å²) in [4.78, 5) is 11.2. The second-order valence-electron chi connectivity index (χ2n) is 4.61. The fourth-order valence-corrected chi connectivity index (χ4v) is 1.97. The van der Waals surface area contributed by atoms with Crippen LogP contribution in [0.1, 0.15) is 52.9 Å². The highest BCUT2D eigenvalue weighted by Crippen LogP contribution is 2.29. The van der Waals surface area contributed by atoms with Gasteiger partial charge < -0.3 is 5.32 Å². The number of nitrogens with one attached hydrogen (secondary N) is 1. The average molecular weight is 183 g/mol. The largest absolute Gasteiger partial charge is 0.351 e. The summed E-state index contributed by atoms with van der Waals surface area (Å²) in [5.74, 6) is 0.978. The molecule has 1 N–H and O–H groups in total. The summed E-state index contributed by atoms with van der Waals surface area (Å²) in [6.45, 7) is 6.65. The van der Waals surface area contributed by atoms with Crippen molar-refractivity contribution in [3.8, 4) is 0 Å². The van der Waals surface area contributed by atoms with Crippen molar-refractivity contribution in [1.82, 2.24) is 5.32 Å². The molecule has 0 spiro atoms. The molecule has 1 heterocycles. The highest BCUT2D eigenvalue weighted by molar-refractivity contribution is 5.79. The average Bonchev–Trinajstić information content (AvgIpc) is 2.45. The summed E-state index contributed by atoms with van der Waals surface area (Å²) < 4.78 is 0. The first-order valence-corrected chi connectivity index (χ1v) is 5.39. The molecule has 1 unspecified atom stereocenters. The SMILES string of the molecule is CCC1(CCC(C)C)CCC(=O)N1. The van der Waals surface area contributed by atoms with E-state index in [1.54, 1.807) is 0 Å². The Kier molecular flexibility index (Phi) is 3.34. The number of carbonyl (C=O) groups is 1. The third-order valence-corrected chi connectivity index (χ3v) is 3.11. The van der Waals surface area contributed by atoms with Crippen molar-refractivity contribution in [2.75, 3.05) is 0 Å². The number of amides is 1. The van der Waals surface area contributed by atoms with Crippen molar-refractivity contribution in [1.29, 1.82) is 0 Å². The molecule has 1 saturated heterocycles. The predicted octanol–water partition coefficient (Wildman–Crippen LogP) is 2.48. The van der Waals surface area contributed by atoms with E-state index in [0.717, 1.165) is 31.6 Å². The molecule has 76 valence electrons. The van der Waals surface area contributed by atoms with E-state index in [9.17, 15) is 4.79 Å². The minimum atomic E-state index is 0.140. The molecule has 1 aliphatic rings. The number of hydrogen-bond acceptors (Lipinski definition) is 1. The quantitative estimate of drug-likeness (QED) is 0.712. The second kappa shape index (κ2) is 4.12. The van der Waals surface area contributed by atoms with Gasteiger partial charge in [-0.25, -0.2) is 0 Å². The van der Waals surface area contributed by atoms with Crippen molar-refractivity contribution in [2.45, 2.75) is 58.4 Å². The Morgan fingerprint density at radius 3 is 2.62 bits per heavy atom. The molecule has 0 aromatic carbocycles. The van der Waals surface area contributed by atoms with Crippen LogP contribution < -0.4 is 5.32 Å². The Morgan fingerprint density at radius 2 is 2.23 bits per heavy atom. The topological polar surface area (TPSA) is 29.1 Å². The van der Waals surface area contributed by atoms with Gasteiger partial charge in [0.2, 0.25) is 5.91 Å². The lowest BCUT2D eigenvalue weighted by atomic mass is 9.86. The molecule has 0 saturated carbocycles. The molecular formula is C11H21NO. The van der Waals surface area contributed by atoms with Crippen LogP contribution in [0.15, 0.2) is 0 Å². The maximum Gasteiger partial charge on any atom is 0.220 e. The molecule has 2 nitrogen and oxygen atoms in total. The molecule has 0 aliphatic carbocycles. The van der Waals surface area contributed by atoms with Crippen LogP contribution in [0.25, 0.3) is 0 Å². The molecule has 2 heteroatoms. The molecule has 0 bridgehead atoms. The molecule has 1 rings (SSSR count). The maximum absolute atomic E-state index is 11.2. The lowest BCUT2D eigenvalue weighted by Crippen LogP contribution is -2.41. The van der Waals surface area contributed by atoms with E-state index in [0.29, 0.717) is 0 Å². The van der Waals surface area contributed by atoms with Crippen LogP contribution in [0, 0.1) is 5.92 Å². The smallest absolute Gasteiger partial charge is 0.220 e. The van der Waals surface area contributed by atoms with E-state index in [2.05, 4.69) is 26.1 Å². The summed E-state index contributed by atoms with van der Waals surface area (Å²) in [7, 11) is 0. The summed E-state index contributed by atoms with van der Waals surface area (Å²) in [6, 6.07) is 0. The summed E-state index contributed by atoms with van der Waals surface area (Å²) in [6.07, 6.45) is 5.20. The van der Waals surface area contributed by atoms with Gasteiger partial charge in [0.15, 0.2) is 0 Å². The van der Waals surface area contributed by atoms with Crippen molar-refractivity contribution in [3.05, 3.63) is 0 Å². The monoisotopic (exact) mass is 183 g/mol. The Hall–Kier alpha value is -0.530. The van der Waals surface area contributed by atoms with Crippen LogP contribution in [-0.4, -0.2) is 11.4 Å². The third-order valence-electron chi connectivity index (χ3n) is 3.11. The van der Waals surface area contributed by atoms with Crippen LogP contribution in [0.3, 0.4) is 0 Å². The van der Waals surface area contributed by atoms with E-state index < -0.39 is 0 Å². The summed E-state index contributed by atoms with van der Waals surface area (Å²) in [5, 5.41) is 3.13. The molecule has 1 fully saturated rings. The van der Waals surface area contributed by atoms with Gasteiger partial charge in [0.1, 0.15) is 0 Å². The van der Waals surface area contributed by atoms with Gasteiger partial charge in [0.05, 0.1) is 0 Å². The fourth-order valence-electron chi connectivity index (χ4n) is 1.97. The van der Waals surface area contributed by atoms with Gasteiger partial charge in [0.25, 0.3) is 0 Å². The van der Waals surface area contributed by atoms with E-state index in [1.165, 1.54) is 6.42 Å². The molecule has 1 aliphatic heterocycles. The maximum atomic E-state index is 11.2. The second-order valence-corrected chi connectivity index (χ2v) is 4.61. The zero-order valence-electron chi connectivity index (χ0n) is 9.02. The van der Waals surface area contributed by atoms with Crippen LogP contribution in [0.5, 0.6) is 0 Å². The predicted molar refractivity (Wildman–Crippen MR) is 54.5 cm³/mol. The fraction of sp³-hybridized carbons (Fsp3) is 0.909. The molecule has 0 radical (unpaired) electrons. The Balaban J connectivity index is 2.46. The molecule has 13 heavy (non-hydrogen) atoms. The number of hydrogen-bond donors (Lipinski definition) is 1. The van der Waals surface area contributed by atoms with Crippen molar-refractivity contribution in [2.24, 2.45) is 5.92 Å². The van der Waals surface area contributed by atoms with E-state index in [-0.39, 0.29) is 11.4 Å². The molecule has 0 aromatic rings. The normalized spacial score (nSPS) is 28.2. The van der Waals surface area contributed by atoms with Gasteiger partial charge in [-0.15, -0.1) is 0 Å². The number of carbonyl (C=O) groups excluding carboxylic acids is 1. The first-order valence-electron chi connectivity index (χ1n) is 5.39. The lowest BCUT2D eigenvalue weighted by molar-refractivity contribution is -0.119. The van der Waals surface area contributed by atoms with Gasteiger partial charge in [0, 0.05) is 12.0 Å². The standard InChI is InChI=1S/C11H21NO/c1-4-11(7-5-9(2)3)8-6-10(13)12-11/h9H,4-8H2,1-3H3,(H,12,13). The Labute approximate surface area is 81.1 Å². The van der Waals surface area contributed by atoms with Gasteiger partial charge in [-0.3, -0.25) is 4.79 Å². The highest BCUT2D eigenvalue weighted by atomic mass is 16.2. The number of rotatable bonds is 4.